The Morgan fingerprint density at radius 3 is 2.87 bits per heavy atom. The number of aliphatic hydroxyl groups is 2. The predicted molar refractivity (Wildman–Crippen MR) is 85.5 cm³/mol. The van der Waals surface area contributed by atoms with E-state index in [4.69, 9.17) is 5.73 Å². The zero-order chi connectivity index (χ0) is 16.6. The van der Waals surface area contributed by atoms with Crippen LogP contribution in [0.2, 0.25) is 0 Å². The van der Waals surface area contributed by atoms with Crippen LogP contribution in [0.1, 0.15) is 19.3 Å². The van der Waals surface area contributed by atoms with E-state index in [-0.39, 0.29) is 12.6 Å². The third-order valence-corrected chi connectivity index (χ3v) is 4.60. The molecule has 126 valence electrons. The topological polar surface area (TPSA) is 123 Å². The van der Waals surface area contributed by atoms with Crippen LogP contribution < -0.4 is 15.5 Å². The summed E-state index contributed by atoms with van der Waals surface area (Å²) in [6, 6.07) is 2.64. The first kappa shape index (κ1) is 15.8. The fourth-order valence-corrected chi connectivity index (χ4v) is 3.46. The minimum atomic E-state index is -0.876. The van der Waals surface area contributed by atoms with Gasteiger partial charge in [0.2, 0.25) is 0 Å². The fourth-order valence-electron chi connectivity index (χ4n) is 3.46. The maximum Gasteiger partial charge on any atom is 0.326 e. The van der Waals surface area contributed by atoms with Crippen molar-refractivity contribution < 1.29 is 20.1 Å². The summed E-state index contributed by atoms with van der Waals surface area (Å²) in [6.45, 7) is 0.924. The molecule has 8 nitrogen and oxygen atoms in total. The number of rotatable bonds is 4. The second kappa shape index (κ2) is 6.21. The Morgan fingerprint density at radius 2 is 2.17 bits per heavy atom. The molecule has 0 radical (unpaired) electrons. The van der Waals surface area contributed by atoms with Crippen LogP contribution in [0.5, 0.6) is 0 Å². The number of nitrogens with zero attached hydrogens (tertiary/aromatic N) is 3. The third-order valence-electron chi connectivity index (χ3n) is 4.60. The van der Waals surface area contributed by atoms with E-state index in [1.165, 1.54) is 0 Å². The van der Waals surface area contributed by atoms with Gasteiger partial charge in [-0.2, -0.15) is 0 Å². The Morgan fingerprint density at radius 1 is 1.39 bits per heavy atom. The van der Waals surface area contributed by atoms with E-state index in [1.54, 1.807) is 17.0 Å². The maximum absolute atomic E-state index is 11.4. The molecule has 0 spiro atoms. The predicted octanol–water partition coefficient (Wildman–Crippen LogP) is -0.351. The van der Waals surface area contributed by atoms with Crippen molar-refractivity contribution in [3.63, 3.8) is 0 Å². The van der Waals surface area contributed by atoms with Crippen molar-refractivity contribution >= 4 is 23.3 Å². The highest BCUT2D eigenvalue weighted by molar-refractivity contribution is 5.81. The van der Waals surface area contributed by atoms with Gasteiger partial charge in [0.05, 0.1) is 24.4 Å². The number of pyridine rings is 1. The molecule has 3 unspecified atom stereocenters. The number of nitrogen functional groups attached to an aromatic ring is 1. The first-order valence-electron chi connectivity index (χ1n) is 7.82. The molecule has 2 aliphatic heterocycles. The lowest BCUT2D eigenvalue weighted by atomic mass is 10.2. The zero-order valence-corrected chi connectivity index (χ0v) is 12.8. The molecule has 1 aromatic heterocycles. The number of carboxylic acid groups (broad SMARTS) is 1. The minimum absolute atomic E-state index is 0.0695. The maximum atomic E-state index is 11.4. The summed E-state index contributed by atoms with van der Waals surface area (Å²) in [6.07, 6.45) is 1.33. The van der Waals surface area contributed by atoms with Crippen molar-refractivity contribution in [2.24, 2.45) is 0 Å². The molecule has 2 saturated heterocycles. The largest absolute Gasteiger partial charge is 0.480 e. The highest BCUT2D eigenvalue weighted by Gasteiger charge is 2.35. The van der Waals surface area contributed by atoms with Crippen LogP contribution in [-0.4, -0.2) is 64.2 Å². The molecule has 0 amide bonds. The molecule has 5 N–H and O–H groups in total. The lowest BCUT2D eigenvalue weighted by molar-refractivity contribution is -0.138. The molecule has 3 heterocycles. The summed E-state index contributed by atoms with van der Waals surface area (Å²) in [5.41, 5.74) is 6.44. The first-order chi connectivity index (χ1) is 11.0. The standard InChI is InChI=1S/C15H22N4O4/c16-11-3-4-13(19-7-10(21)6-9(19)8-20)17-14(11)18-5-1-2-12(18)15(22)23/h3-4,9-10,12,20-21H,1-2,5-8,16H2,(H,22,23). The average Bonchev–Trinajstić information content (AvgIpc) is 3.14. The van der Waals surface area contributed by atoms with E-state index in [1.807, 2.05) is 4.90 Å². The Labute approximate surface area is 134 Å². The van der Waals surface area contributed by atoms with Crippen LogP contribution >= 0.6 is 0 Å². The molecule has 3 atom stereocenters. The van der Waals surface area contributed by atoms with Gasteiger partial charge in [0.1, 0.15) is 11.9 Å². The summed E-state index contributed by atoms with van der Waals surface area (Å²) in [4.78, 5) is 19.5. The number of hydrogen-bond acceptors (Lipinski definition) is 7. The number of anilines is 3. The highest BCUT2D eigenvalue weighted by atomic mass is 16.4. The minimum Gasteiger partial charge on any atom is -0.480 e. The Hall–Kier alpha value is -2.06. The van der Waals surface area contributed by atoms with Crippen LogP contribution in [-0.2, 0) is 4.79 Å². The van der Waals surface area contributed by atoms with Gasteiger partial charge in [-0.1, -0.05) is 0 Å². The van der Waals surface area contributed by atoms with Crippen LogP contribution in [0, 0.1) is 0 Å². The monoisotopic (exact) mass is 322 g/mol. The fraction of sp³-hybridized carbons (Fsp3) is 0.600. The lowest BCUT2D eigenvalue weighted by Gasteiger charge is -2.28. The van der Waals surface area contributed by atoms with E-state index < -0.39 is 18.1 Å². The quantitative estimate of drug-likeness (QED) is 0.593. The smallest absolute Gasteiger partial charge is 0.326 e. The van der Waals surface area contributed by atoms with Gasteiger partial charge in [-0.3, -0.25) is 0 Å². The third kappa shape index (κ3) is 2.91. The molecule has 3 rings (SSSR count). The van der Waals surface area contributed by atoms with Crippen molar-refractivity contribution in [1.82, 2.24) is 4.98 Å². The number of aliphatic carboxylic acids is 1. The molecule has 2 aliphatic rings. The number of β-amino-alcohol motifs (C(OH)–C–C–N with tert-alkyl or cyclic N) is 1. The van der Waals surface area contributed by atoms with Gasteiger partial charge < -0.3 is 30.9 Å². The summed E-state index contributed by atoms with van der Waals surface area (Å²) >= 11 is 0. The highest BCUT2D eigenvalue weighted by Crippen LogP contribution is 2.33. The van der Waals surface area contributed by atoms with Gasteiger partial charge in [0, 0.05) is 13.1 Å². The molecule has 0 aromatic carbocycles. The van der Waals surface area contributed by atoms with E-state index in [0.717, 1.165) is 6.42 Å². The molecular weight excluding hydrogens is 300 g/mol. The molecule has 0 bridgehead atoms. The second-order valence-electron chi connectivity index (χ2n) is 6.15. The number of carbonyl (C=O) groups is 1. The number of aliphatic hydroxyl groups excluding tert-OH is 2. The lowest BCUT2D eigenvalue weighted by Crippen LogP contribution is -2.38. The molecule has 2 fully saturated rings. The second-order valence-corrected chi connectivity index (χ2v) is 6.15. The van der Waals surface area contributed by atoms with Gasteiger partial charge in [-0.25, -0.2) is 9.78 Å². The molecule has 1 aromatic rings. The molecule has 23 heavy (non-hydrogen) atoms. The molecule has 0 aliphatic carbocycles. The molecule has 8 heteroatoms. The first-order valence-corrected chi connectivity index (χ1v) is 7.82. The number of hydrogen-bond donors (Lipinski definition) is 4. The van der Waals surface area contributed by atoms with E-state index in [9.17, 15) is 20.1 Å². The van der Waals surface area contributed by atoms with E-state index in [2.05, 4.69) is 4.98 Å². The number of aromatic nitrogens is 1. The van der Waals surface area contributed by atoms with E-state index >= 15 is 0 Å². The van der Waals surface area contributed by atoms with E-state index in [0.29, 0.717) is 43.3 Å². The van der Waals surface area contributed by atoms with Crippen LogP contribution in [0.3, 0.4) is 0 Å². The normalized spacial score (nSPS) is 27.7. The Kier molecular flexibility index (Phi) is 4.27. The molecular formula is C15H22N4O4. The summed E-state index contributed by atoms with van der Waals surface area (Å²) < 4.78 is 0. The van der Waals surface area contributed by atoms with Crippen LogP contribution in [0.15, 0.2) is 12.1 Å². The van der Waals surface area contributed by atoms with Crippen molar-refractivity contribution in [3.05, 3.63) is 12.1 Å². The van der Waals surface area contributed by atoms with Crippen molar-refractivity contribution in [2.45, 2.75) is 37.5 Å². The van der Waals surface area contributed by atoms with Gasteiger partial charge in [-0.05, 0) is 31.4 Å². The summed E-state index contributed by atoms with van der Waals surface area (Å²) in [5, 5.41) is 28.6. The molecule has 0 saturated carbocycles. The average molecular weight is 322 g/mol. The number of nitrogens with two attached hydrogens (primary N) is 1. The van der Waals surface area contributed by atoms with Crippen LogP contribution in [0.25, 0.3) is 0 Å². The zero-order valence-electron chi connectivity index (χ0n) is 12.8. The van der Waals surface area contributed by atoms with Crippen LogP contribution in [0.4, 0.5) is 17.3 Å². The van der Waals surface area contributed by atoms with Gasteiger partial charge >= 0.3 is 5.97 Å². The number of carboxylic acids is 1. The van der Waals surface area contributed by atoms with Gasteiger partial charge in [0.25, 0.3) is 0 Å². The Balaban J connectivity index is 1.92. The van der Waals surface area contributed by atoms with Crippen molar-refractivity contribution in [2.75, 3.05) is 35.2 Å². The van der Waals surface area contributed by atoms with Gasteiger partial charge in [0.15, 0.2) is 5.82 Å². The Bertz CT molecular complexity index is 597. The SMILES string of the molecule is Nc1ccc(N2CC(O)CC2CO)nc1N1CCCC1C(=O)O. The summed E-state index contributed by atoms with van der Waals surface area (Å²) in [7, 11) is 0. The summed E-state index contributed by atoms with van der Waals surface area (Å²) in [5.74, 6) is 0.185. The van der Waals surface area contributed by atoms with Crippen molar-refractivity contribution in [1.29, 1.82) is 0 Å². The van der Waals surface area contributed by atoms with Gasteiger partial charge in [-0.15, -0.1) is 0 Å². The van der Waals surface area contributed by atoms with Crippen molar-refractivity contribution in [3.8, 4) is 0 Å².